The minimum absolute atomic E-state index is 0.0291. The van der Waals surface area contributed by atoms with Gasteiger partial charge in [-0.25, -0.2) is 4.98 Å². The van der Waals surface area contributed by atoms with Gasteiger partial charge in [0.15, 0.2) is 11.7 Å². The Bertz CT molecular complexity index is 917. The highest BCUT2D eigenvalue weighted by Crippen LogP contribution is 2.25. The van der Waals surface area contributed by atoms with Gasteiger partial charge < -0.3 is 14.0 Å². The molecule has 0 radical (unpaired) electrons. The van der Waals surface area contributed by atoms with Crippen molar-refractivity contribution in [3.8, 4) is 0 Å². The summed E-state index contributed by atoms with van der Waals surface area (Å²) in [6.45, 7) is 5.36. The fourth-order valence-corrected chi connectivity index (χ4v) is 4.25. The van der Waals surface area contributed by atoms with Crippen LogP contribution in [0.2, 0.25) is 0 Å². The summed E-state index contributed by atoms with van der Waals surface area (Å²) in [5.41, 5.74) is 2.88. The number of amides is 1. The highest BCUT2D eigenvalue weighted by Gasteiger charge is 2.24. The number of Topliss-reactive ketones (excluding diaryl/α,β-unsaturated/α-hetero) is 1. The molecule has 0 aromatic carbocycles. The molecule has 1 amide bonds. The lowest BCUT2D eigenvalue weighted by Gasteiger charge is -2.10. The smallest absolute Gasteiger partial charge is 0.312 e. The van der Waals surface area contributed by atoms with E-state index < -0.39 is 5.97 Å². The number of carbonyl (C=O) groups excluding carboxylic acids is 3. The number of ether oxygens (including phenoxy) is 2. The van der Waals surface area contributed by atoms with E-state index in [4.69, 9.17) is 9.47 Å². The van der Waals surface area contributed by atoms with Gasteiger partial charge in [0.1, 0.15) is 0 Å². The van der Waals surface area contributed by atoms with Crippen LogP contribution >= 0.6 is 11.3 Å². The summed E-state index contributed by atoms with van der Waals surface area (Å²) in [5, 5.41) is 2.35. The minimum Gasteiger partial charge on any atom is -0.457 e. The molecule has 29 heavy (non-hydrogen) atoms. The summed E-state index contributed by atoms with van der Waals surface area (Å²) in [5.74, 6) is -0.699. The van der Waals surface area contributed by atoms with Gasteiger partial charge in [-0.15, -0.1) is 11.3 Å². The molecule has 1 aliphatic rings. The number of hydrogen-bond donors (Lipinski definition) is 0. The molecule has 3 rings (SSSR count). The second kappa shape index (κ2) is 9.32. The molecular weight excluding hydrogens is 394 g/mol. The summed E-state index contributed by atoms with van der Waals surface area (Å²) in [6, 6.07) is 1.81. The number of nitrogens with zero attached hydrogens (tertiary/aromatic N) is 3. The van der Waals surface area contributed by atoms with E-state index in [1.807, 2.05) is 18.4 Å². The molecule has 1 aliphatic heterocycles. The first-order chi connectivity index (χ1) is 13.9. The zero-order valence-corrected chi connectivity index (χ0v) is 17.7. The first kappa shape index (κ1) is 21.2. The molecule has 156 valence electrons. The maximum atomic E-state index is 12.5. The Labute approximate surface area is 173 Å². The molecule has 2 aromatic rings. The SMILES string of the molecule is COCCn1c(C)cc(C(=O)COC(=O)Cc2csc(N3CCCC3=O)n2)c1C. The Hall–Kier alpha value is -2.52. The van der Waals surface area contributed by atoms with E-state index in [1.165, 1.54) is 11.3 Å². The lowest BCUT2D eigenvalue weighted by molar-refractivity contribution is -0.141. The predicted octanol–water partition coefficient (Wildman–Crippen LogP) is 2.30. The van der Waals surface area contributed by atoms with Gasteiger partial charge in [-0.1, -0.05) is 0 Å². The number of aromatic nitrogens is 2. The van der Waals surface area contributed by atoms with Gasteiger partial charge in [-0.05, 0) is 26.3 Å². The monoisotopic (exact) mass is 419 g/mol. The third-order valence-corrected chi connectivity index (χ3v) is 5.84. The summed E-state index contributed by atoms with van der Waals surface area (Å²) >= 11 is 1.33. The molecule has 2 aromatic heterocycles. The minimum atomic E-state index is -0.517. The lowest BCUT2D eigenvalue weighted by Crippen LogP contribution is -2.23. The number of carbonyl (C=O) groups is 3. The van der Waals surface area contributed by atoms with E-state index in [9.17, 15) is 14.4 Å². The van der Waals surface area contributed by atoms with E-state index in [1.54, 1.807) is 23.5 Å². The van der Waals surface area contributed by atoms with E-state index in [2.05, 4.69) is 4.98 Å². The molecule has 0 unspecified atom stereocenters. The third kappa shape index (κ3) is 4.91. The number of aryl methyl sites for hydroxylation is 1. The van der Waals surface area contributed by atoms with Crippen LogP contribution in [0.25, 0.3) is 0 Å². The van der Waals surface area contributed by atoms with Crippen molar-refractivity contribution >= 4 is 34.1 Å². The maximum absolute atomic E-state index is 12.5. The molecule has 3 heterocycles. The van der Waals surface area contributed by atoms with Crippen molar-refractivity contribution in [1.82, 2.24) is 9.55 Å². The van der Waals surface area contributed by atoms with Crippen LogP contribution in [0.3, 0.4) is 0 Å². The topological polar surface area (TPSA) is 90.7 Å². The van der Waals surface area contributed by atoms with Gasteiger partial charge >= 0.3 is 5.97 Å². The van der Waals surface area contributed by atoms with Crippen LogP contribution in [0.15, 0.2) is 11.4 Å². The summed E-state index contributed by atoms with van der Waals surface area (Å²) in [7, 11) is 1.63. The maximum Gasteiger partial charge on any atom is 0.312 e. The van der Waals surface area contributed by atoms with Crippen LogP contribution in [0.5, 0.6) is 0 Å². The Morgan fingerprint density at radius 1 is 1.31 bits per heavy atom. The van der Waals surface area contributed by atoms with E-state index in [-0.39, 0.29) is 24.7 Å². The van der Waals surface area contributed by atoms with Crippen LogP contribution in [-0.4, -0.2) is 54.1 Å². The number of esters is 1. The second-order valence-electron chi connectivity index (χ2n) is 6.96. The molecule has 0 spiro atoms. The number of hydrogen-bond acceptors (Lipinski definition) is 7. The molecule has 1 saturated heterocycles. The largest absolute Gasteiger partial charge is 0.457 e. The van der Waals surface area contributed by atoms with Crippen molar-refractivity contribution in [3.05, 3.63) is 34.1 Å². The Morgan fingerprint density at radius 3 is 2.79 bits per heavy atom. The average Bonchev–Trinajstić information content (AvgIpc) is 3.38. The van der Waals surface area contributed by atoms with Gasteiger partial charge in [0.2, 0.25) is 11.7 Å². The molecule has 8 nitrogen and oxygen atoms in total. The first-order valence-corrected chi connectivity index (χ1v) is 10.4. The predicted molar refractivity (Wildman–Crippen MR) is 108 cm³/mol. The van der Waals surface area contributed by atoms with Crippen LogP contribution in [0.4, 0.5) is 5.13 Å². The normalized spacial score (nSPS) is 13.9. The Morgan fingerprint density at radius 2 is 2.10 bits per heavy atom. The lowest BCUT2D eigenvalue weighted by atomic mass is 10.1. The molecule has 0 atom stereocenters. The van der Waals surface area contributed by atoms with Crippen LogP contribution in [0.1, 0.15) is 40.3 Å². The van der Waals surface area contributed by atoms with Crippen LogP contribution in [-0.2, 0) is 32.0 Å². The van der Waals surface area contributed by atoms with Crippen molar-refractivity contribution in [2.75, 3.05) is 31.8 Å². The second-order valence-corrected chi connectivity index (χ2v) is 7.80. The third-order valence-electron chi connectivity index (χ3n) is 4.93. The Balaban J connectivity index is 1.54. The molecule has 0 aliphatic carbocycles. The first-order valence-electron chi connectivity index (χ1n) is 9.50. The molecule has 9 heteroatoms. The number of anilines is 1. The van der Waals surface area contributed by atoms with Crippen LogP contribution in [0, 0.1) is 13.8 Å². The standard InChI is InChI=1S/C20H25N3O5S/c1-13-9-16(14(2)22(13)7-8-27-3)17(24)11-28-19(26)10-15-12-29-20(21-15)23-6-4-5-18(23)25/h9,12H,4-8,10-11H2,1-3H3. The molecule has 0 N–H and O–H groups in total. The number of thiazole rings is 1. The summed E-state index contributed by atoms with van der Waals surface area (Å²) in [4.78, 5) is 42.4. The van der Waals surface area contributed by atoms with Crippen LogP contribution < -0.4 is 4.90 Å². The van der Waals surface area contributed by atoms with Crippen molar-refractivity contribution in [1.29, 1.82) is 0 Å². The van der Waals surface area contributed by atoms with E-state index in [0.29, 0.717) is 42.5 Å². The van der Waals surface area contributed by atoms with Gasteiger partial charge in [0.05, 0.1) is 18.7 Å². The van der Waals surface area contributed by atoms with E-state index in [0.717, 1.165) is 17.8 Å². The van der Waals surface area contributed by atoms with E-state index >= 15 is 0 Å². The highest BCUT2D eigenvalue weighted by atomic mass is 32.1. The summed E-state index contributed by atoms with van der Waals surface area (Å²) < 4.78 is 12.3. The van der Waals surface area contributed by atoms with Crippen molar-refractivity contribution in [2.45, 2.75) is 39.7 Å². The zero-order chi connectivity index (χ0) is 21.0. The fourth-order valence-electron chi connectivity index (χ4n) is 3.38. The number of rotatable bonds is 9. The van der Waals surface area contributed by atoms with Gasteiger partial charge in [-0.3, -0.25) is 19.3 Å². The molecular formula is C20H25N3O5S. The van der Waals surface area contributed by atoms with Gasteiger partial charge in [-0.2, -0.15) is 0 Å². The van der Waals surface area contributed by atoms with Crippen molar-refractivity contribution in [2.24, 2.45) is 0 Å². The van der Waals surface area contributed by atoms with Gasteiger partial charge in [0, 0.05) is 49.0 Å². The van der Waals surface area contributed by atoms with Crippen molar-refractivity contribution in [3.63, 3.8) is 0 Å². The van der Waals surface area contributed by atoms with Gasteiger partial charge in [0.25, 0.3) is 0 Å². The number of methoxy groups -OCH3 is 1. The molecule has 0 bridgehead atoms. The quantitative estimate of drug-likeness (QED) is 0.458. The number of ketones is 1. The fraction of sp³-hybridized carbons (Fsp3) is 0.500. The molecule has 1 fully saturated rings. The van der Waals surface area contributed by atoms with Crippen molar-refractivity contribution < 1.29 is 23.9 Å². The average molecular weight is 420 g/mol. The highest BCUT2D eigenvalue weighted by molar-refractivity contribution is 7.14. The summed E-state index contributed by atoms with van der Waals surface area (Å²) in [6.07, 6.45) is 1.33. The zero-order valence-electron chi connectivity index (χ0n) is 16.9. The molecule has 0 saturated carbocycles. The Kier molecular flexibility index (Phi) is 6.81.